The molecule has 0 bridgehead atoms. The fourth-order valence-electron chi connectivity index (χ4n) is 1.90. The number of para-hydroxylation sites is 1. The number of ketones is 1. The van der Waals surface area contributed by atoms with Gasteiger partial charge in [-0.25, -0.2) is 4.39 Å². The number of rotatable bonds is 3. The van der Waals surface area contributed by atoms with E-state index < -0.39 is 17.7 Å². The van der Waals surface area contributed by atoms with Crippen LogP contribution in [0.2, 0.25) is 0 Å². The molecule has 0 aliphatic carbocycles. The Morgan fingerprint density at radius 2 is 2.33 bits per heavy atom. The maximum Gasteiger partial charge on any atom is 0.306 e. The van der Waals surface area contributed by atoms with E-state index in [0.29, 0.717) is 0 Å². The van der Waals surface area contributed by atoms with Crippen molar-refractivity contribution in [1.82, 2.24) is 0 Å². The van der Waals surface area contributed by atoms with Crippen molar-refractivity contribution in [2.45, 2.75) is 13.3 Å². The van der Waals surface area contributed by atoms with Crippen LogP contribution in [-0.4, -0.2) is 25.0 Å². The van der Waals surface area contributed by atoms with Crippen molar-refractivity contribution >= 4 is 11.8 Å². The average Bonchev–Trinajstić information content (AvgIpc) is 2.34. The minimum absolute atomic E-state index is 0.00554. The Hall–Kier alpha value is -1.91. The van der Waals surface area contributed by atoms with Crippen LogP contribution in [-0.2, 0) is 9.53 Å². The molecule has 0 radical (unpaired) electrons. The lowest BCUT2D eigenvalue weighted by atomic mass is 9.92. The van der Waals surface area contributed by atoms with Crippen LogP contribution in [0.3, 0.4) is 0 Å². The van der Waals surface area contributed by atoms with Crippen LogP contribution in [0.4, 0.5) is 4.39 Å². The monoisotopic (exact) mass is 252 g/mol. The van der Waals surface area contributed by atoms with Gasteiger partial charge in [-0.15, -0.1) is 0 Å². The van der Waals surface area contributed by atoms with E-state index in [1.165, 1.54) is 18.2 Å². The first kappa shape index (κ1) is 12.5. The van der Waals surface area contributed by atoms with Crippen LogP contribution in [0.1, 0.15) is 23.7 Å². The fraction of sp³-hybridized carbons (Fsp3) is 0.385. The third kappa shape index (κ3) is 2.34. The molecule has 0 fully saturated rings. The van der Waals surface area contributed by atoms with E-state index in [0.717, 1.165) is 0 Å². The molecular weight excluding hydrogens is 239 g/mol. The third-order valence-corrected chi connectivity index (χ3v) is 2.75. The zero-order valence-electron chi connectivity index (χ0n) is 9.94. The van der Waals surface area contributed by atoms with E-state index in [1.807, 2.05) is 0 Å². The second-order valence-electron chi connectivity index (χ2n) is 4.00. The number of ether oxygens (including phenoxy) is 2. The zero-order chi connectivity index (χ0) is 13.1. The van der Waals surface area contributed by atoms with Crippen molar-refractivity contribution < 1.29 is 23.5 Å². The summed E-state index contributed by atoms with van der Waals surface area (Å²) in [7, 11) is 0. The maximum atomic E-state index is 13.4. The first-order chi connectivity index (χ1) is 8.63. The molecule has 18 heavy (non-hydrogen) atoms. The summed E-state index contributed by atoms with van der Waals surface area (Å²) in [4.78, 5) is 23.4. The maximum absolute atomic E-state index is 13.4. The van der Waals surface area contributed by atoms with E-state index >= 15 is 0 Å². The molecule has 0 saturated carbocycles. The Bertz CT molecular complexity index is 484. The predicted molar refractivity (Wildman–Crippen MR) is 61.0 cm³/mol. The van der Waals surface area contributed by atoms with E-state index in [1.54, 1.807) is 6.92 Å². The summed E-state index contributed by atoms with van der Waals surface area (Å²) in [5.41, 5.74) is 0.190. The van der Waals surface area contributed by atoms with Gasteiger partial charge in [0.2, 0.25) is 0 Å². The highest BCUT2D eigenvalue weighted by molar-refractivity contribution is 6.02. The van der Waals surface area contributed by atoms with Crippen molar-refractivity contribution in [2.24, 2.45) is 5.92 Å². The van der Waals surface area contributed by atoms with Gasteiger partial charge < -0.3 is 9.47 Å². The highest BCUT2D eigenvalue weighted by Gasteiger charge is 2.32. The molecule has 0 spiro atoms. The number of fused-ring (bicyclic) bond motifs is 1. The van der Waals surface area contributed by atoms with E-state index in [4.69, 9.17) is 9.47 Å². The molecule has 4 nitrogen and oxygen atoms in total. The summed E-state index contributed by atoms with van der Waals surface area (Å²) in [6, 6.07) is 4.18. The van der Waals surface area contributed by atoms with Gasteiger partial charge in [-0.05, 0) is 19.1 Å². The van der Waals surface area contributed by atoms with Gasteiger partial charge in [-0.1, -0.05) is 6.07 Å². The lowest BCUT2D eigenvalue weighted by Crippen LogP contribution is -2.30. The fourth-order valence-corrected chi connectivity index (χ4v) is 1.90. The van der Waals surface area contributed by atoms with Crippen molar-refractivity contribution in [2.75, 3.05) is 13.2 Å². The number of Topliss-reactive ketones (excluding diaryl/α,β-unsaturated/α-hetero) is 1. The number of esters is 1. The van der Waals surface area contributed by atoms with E-state index in [2.05, 4.69) is 0 Å². The van der Waals surface area contributed by atoms with Crippen LogP contribution < -0.4 is 4.74 Å². The number of carbonyl (C=O) groups is 2. The second-order valence-corrected chi connectivity index (χ2v) is 4.00. The van der Waals surface area contributed by atoms with Crippen molar-refractivity contribution in [3.63, 3.8) is 0 Å². The highest BCUT2D eigenvalue weighted by Crippen LogP contribution is 2.31. The van der Waals surface area contributed by atoms with Crippen LogP contribution in [0.5, 0.6) is 5.75 Å². The molecule has 1 aromatic rings. The topological polar surface area (TPSA) is 52.6 Å². The molecule has 2 rings (SSSR count). The van der Waals surface area contributed by atoms with E-state index in [-0.39, 0.29) is 36.7 Å². The number of hydrogen-bond donors (Lipinski definition) is 0. The Labute approximate surface area is 104 Å². The lowest BCUT2D eigenvalue weighted by Gasteiger charge is -2.23. The number of halogens is 1. The van der Waals surface area contributed by atoms with Gasteiger partial charge in [0.25, 0.3) is 0 Å². The third-order valence-electron chi connectivity index (χ3n) is 2.75. The quantitative estimate of drug-likeness (QED) is 0.772. The molecule has 0 unspecified atom stereocenters. The number of hydrogen-bond acceptors (Lipinski definition) is 4. The van der Waals surface area contributed by atoms with Gasteiger partial charge in [0.05, 0.1) is 31.1 Å². The van der Waals surface area contributed by atoms with Gasteiger partial charge in [0.1, 0.15) is 0 Å². The second kappa shape index (κ2) is 5.16. The molecule has 96 valence electrons. The van der Waals surface area contributed by atoms with Crippen LogP contribution in [0.15, 0.2) is 18.2 Å². The summed E-state index contributed by atoms with van der Waals surface area (Å²) >= 11 is 0. The molecule has 0 N–H and O–H groups in total. The van der Waals surface area contributed by atoms with Crippen LogP contribution in [0, 0.1) is 11.7 Å². The molecular formula is C13H13FO4. The molecule has 5 heteroatoms. The van der Waals surface area contributed by atoms with Gasteiger partial charge in [-0.2, -0.15) is 0 Å². The van der Waals surface area contributed by atoms with Crippen molar-refractivity contribution in [1.29, 1.82) is 0 Å². The predicted octanol–water partition coefficient (Wildman–Crippen LogP) is 1.97. The average molecular weight is 252 g/mol. The normalized spacial score (nSPS) is 17.9. The molecule has 0 aromatic heterocycles. The number of carbonyl (C=O) groups excluding carboxylic acids is 2. The van der Waals surface area contributed by atoms with Gasteiger partial charge in [0, 0.05) is 0 Å². The van der Waals surface area contributed by atoms with Crippen LogP contribution in [0.25, 0.3) is 0 Å². The molecule has 1 aliphatic heterocycles. The minimum Gasteiger partial charge on any atom is -0.489 e. The molecule has 0 amide bonds. The molecule has 1 aromatic carbocycles. The smallest absolute Gasteiger partial charge is 0.306 e. The van der Waals surface area contributed by atoms with E-state index in [9.17, 15) is 14.0 Å². The minimum atomic E-state index is -0.599. The molecule has 1 heterocycles. The SMILES string of the molecule is CCOC(=O)C[C@@H]1COc2c(F)cccc2C1=O. The Morgan fingerprint density at radius 1 is 1.56 bits per heavy atom. The van der Waals surface area contributed by atoms with Crippen molar-refractivity contribution in [3.05, 3.63) is 29.6 Å². The number of benzene rings is 1. The summed E-state index contributed by atoms with van der Waals surface area (Å²) in [5, 5.41) is 0. The summed E-state index contributed by atoms with van der Waals surface area (Å²) < 4.78 is 23.4. The first-order valence-corrected chi connectivity index (χ1v) is 5.74. The summed E-state index contributed by atoms with van der Waals surface area (Å²) in [6.07, 6.45) is -0.0391. The Morgan fingerprint density at radius 3 is 3.06 bits per heavy atom. The Kier molecular flexibility index (Phi) is 3.60. The largest absolute Gasteiger partial charge is 0.489 e. The molecule has 1 aliphatic rings. The van der Waals surface area contributed by atoms with Crippen molar-refractivity contribution in [3.8, 4) is 5.75 Å². The van der Waals surface area contributed by atoms with Crippen LogP contribution >= 0.6 is 0 Å². The van der Waals surface area contributed by atoms with Gasteiger partial charge in [0.15, 0.2) is 17.3 Å². The first-order valence-electron chi connectivity index (χ1n) is 5.74. The summed E-state index contributed by atoms with van der Waals surface area (Å²) in [6.45, 7) is 1.97. The van der Waals surface area contributed by atoms with Gasteiger partial charge in [-0.3, -0.25) is 9.59 Å². The lowest BCUT2D eigenvalue weighted by molar-refractivity contribution is -0.144. The standard InChI is InChI=1S/C13H13FO4/c1-2-17-11(15)6-8-7-18-13-9(12(8)16)4-3-5-10(13)14/h3-5,8H,2,6-7H2,1H3/t8-/m1/s1. The molecule has 0 saturated heterocycles. The summed E-state index contributed by atoms with van der Waals surface area (Å²) in [5.74, 6) is -1.90. The highest BCUT2D eigenvalue weighted by atomic mass is 19.1. The molecule has 1 atom stereocenters. The zero-order valence-corrected chi connectivity index (χ0v) is 9.94. The Balaban J connectivity index is 2.16. The van der Waals surface area contributed by atoms with Gasteiger partial charge >= 0.3 is 5.97 Å².